The Morgan fingerprint density at radius 3 is 2.71 bits per heavy atom. The van der Waals surface area contributed by atoms with Crippen molar-refractivity contribution in [3.8, 4) is 0 Å². The van der Waals surface area contributed by atoms with Crippen molar-refractivity contribution in [2.24, 2.45) is 0 Å². The highest BCUT2D eigenvalue weighted by Crippen LogP contribution is 2.27. The van der Waals surface area contributed by atoms with Gasteiger partial charge in [-0.05, 0) is 10.9 Å². The first-order valence-corrected chi connectivity index (χ1v) is 6.42. The summed E-state index contributed by atoms with van der Waals surface area (Å²) < 4.78 is 5.34. The Kier molecular flexibility index (Phi) is 2.48. The highest BCUT2D eigenvalue weighted by molar-refractivity contribution is 9.08. The van der Waals surface area contributed by atoms with Crippen molar-refractivity contribution in [1.82, 2.24) is 0 Å². The second kappa shape index (κ2) is 4.00. The second-order valence-corrected chi connectivity index (χ2v) is 4.45. The quantitative estimate of drug-likeness (QED) is 0.387. The largest absolute Gasteiger partial charge is 0.422 e. The maximum atomic E-state index is 11.5. The number of halogens is 1. The Balaban J connectivity index is 2.58. The Labute approximate surface area is 106 Å². The molecule has 0 spiro atoms. The fourth-order valence-electron chi connectivity index (χ4n) is 2.07. The van der Waals surface area contributed by atoms with E-state index in [0.29, 0.717) is 10.9 Å². The molecule has 0 N–H and O–H groups in total. The Morgan fingerprint density at radius 2 is 1.88 bits per heavy atom. The van der Waals surface area contributed by atoms with Crippen LogP contribution in [0, 0.1) is 0 Å². The monoisotopic (exact) mass is 288 g/mol. The van der Waals surface area contributed by atoms with Crippen LogP contribution in [0.5, 0.6) is 0 Å². The molecule has 3 heteroatoms. The average Bonchev–Trinajstić information content (AvgIpc) is 2.37. The fraction of sp³-hybridized carbons (Fsp3) is 0.0714. The molecule has 0 aliphatic carbocycles. The van der Waals surface area contributed by atoms with Crippen LogP contribution >= 0.6 is 15.9 Å². The van der Waals surface area contributed by atoms with E-state index in [0.717, 1.165) is 21.7 Å². The second-order valence-electron chi connectivity index (χ2n) is 3.89. The summed E-state index contributed by atoms with van der Waals surface area (Å²) in [5, 5.41) is 3.69. The van der Waals surface area contributed by atoms with Gasteiger partial charge < -0.3 is 4.42 Å². The minimum absolute atomic E-state index is 0.302. The van der Waals surface area contributed by atoms with Gasteiger partial charge >= 0.3 is 5.63 Å². The molecule has 0 bridgehead atoms. The molecular formula is C14H9BrO2. The lowest BCUT2D eigenvalue weighted by atomic mass is 10.0. The number of rotatable bonds is 1. The molecule has 0 unspecified atom stereocenters. The molecule has 17 heavy (non-hydrogen) atoms. The normalized spacial score (nSPS) is 11.1. The van der Waals surface area contributed by atoms with Gasteiger partial charge in [0.15, 0.2) is 0 Å². The van der Waals surface area contributed by atoms with E-state index in [1.165, 1.54) is 6.07 Å². The summed E-state index contributed by atoms with van der Waals surface area (Å²) in [4.78, 5) is 11.5. The first-order valence-electron chi connectivity index (χ1n) is 5.30. The van der Waals surface area contributed by atoms with Gasteiger partial charge in [0.25, 0.3) is 0 Å². The van der Waals surface area contributed by atoms with Gasteiger partial charge in [-0.2, -0.15) is 0 Å². The van der Waals surface area contributed by atoms with E-state index in [1.54, 1.807) is 0 Å². The topological polar surface area (TPSA) is 30.2 Å². The van der Waals surface area contributed by atoms with Crippen LogP contribution in [0.15, 0.2) is 51.7 Å². The summed E-state index contributed by atoms with van der Waals surface area (Å²) >= 11 is 3.40. The van der Waals surface area contributed by atoms with Gasteiger partial charge in [0.05, 0.1) is 0 Å². The third kappa shape index (κ3) is 1.67. The maximum Gasteiger partial charge on any atom is 0.336 e. The zero-order chi connectivity index (χ0) is 11.8. The summed E-state index contributed by atoms with van der Waals surface area (Å²) in [6, 6.07) is 13.5. The Morgan fingerprint density at radius 1 is 1.06 bits per heavy atom. The number of alkyl halides is 1. The number of benzene rings is 2. The van der Waals surface area contributed by atoms with Gasteiger partial charge in [-0.15, -0.1) is 0 Å². The van der Waals surface area contributed by atoms with Gasteiger partial charge in [0.2, 0.25) is 0 Å². The van der Waals surface area contributed by atoms with Crippen molar-refractivity contribution in [3.05, 3.63) is 58.4 Å². The lowest BCUT2D eigenvalue weighted by Crippen LogP contribution is -1.99. The zero-order valence-corrected chi connectivity index (χ0v) is 10.5. The molecule has 0 radical (unpaired) electrons. The minimum Gasteiger partial charge on any atom is -0.422 e. The summed E-state index contributed by atoms with van der Waals surface area (Å²) in [6.07, 6.45) is 0. The summed E-state index contributed by atoms with van der Waals surface area (Å²) in [5.74, 6) is 0. The molecule has 2 nitrogen and oxygen atoms in total. The van der Waals surface area contributed by atoms with E-state index < -0.39 is 0 Å². The van der Waals surface area contributed by atoms with Crippen LogP contribution in [0.4, 0.5) is 0 Å². The van der Waals surface area contributed by atoms with Crippen molar-refractivity contribution in [2.75, 3.05) is 0 Å². The molecule has 3 aromatic rings. The first-order chi connectivity index (χ1) is 8.29. The van der Waals surface area contributed by atoms with Gasteiger partial charge in [0.1, 0.15) is 5.58 Å². The predicted octanol–water partition coefficient (Wildman–Crippen LogP) is 3.84. The molecule has 84 valence electrons. The van der Waals surface area contributed by atoms with Crippen LogP contribution in [-0.2, 0) is 5.33 Å². The summed E-state index contributed by atoms with van der Waals surface area (Å²) in [7, 11) is 0. The molecule has 1 heterocycles. The highest BCUT2D eigenvalue weighted by atomic mass is 79.9. The maximum absolute atomic E-state index is 11.5. The third-order valence-corrected chi connectivity index (χ3v) is 3.47. The molecule has 0 saturated heterocycles. The van der Waals surface area contributed by atoms with E-state index in [1.807, 2.05) is 36.4 Å². The van der Waals surface area contributed by atoms with Crippen LogP contribution in [-0.4, -0.2) is 0 Å². The molecule has 1 aromatic heterocycles. The van der Waals surface area contributed by atoms with E-state index in [-0.39, 0.29) is 5.63 Å². The van der Waals surface area contributed by atoms with Gasteiger partial charge in [-0.3, -0.25) is 0 Å². The van der Waals surface area contributed by atoms with Crippen molar-refractivity contribution in [2.45, 2.75) is 5.33 Å². The van der Waals surface area contributed by atoms with E-state index in [9.17, 15) is 4.79 Å². The first kappa shape index (κ1) is 10.5. The van der Waals surface area contributed by atoms with Gasteiger partial charge in [-0.1, -0.05) is 52.3 Å². The van der Waals surface area contributed by atoms with Crippen molar-refractivity contribution >= 4 is 37.7 Å². The zero-order valence-electron chi connectivity index (χ0n) is 8.94. The van der Waals surface area contributed by atoms with Crippen LogP contribution in [0.2, 0.25) is 0 Å². The standard InChI is InChI=1S/C14H9BrO2/c15-8-10-7-13(16)17-14-11-4-2-1-3-9(11)5-6-12(10)14/h1-7H,8H2. The lowest BCUT2D eigenvalue weighted by molar-refractivity contribution is 0.563. The molecule has 0 aliphatic heterocycles. The number of hydrogen-bond acceptors (Lipinski definition) is 2. The molecule has 0 amide bonds. The Bertz CT molecular complexity index is 759. The fourth-order valence-corrected chi connectivity index (χ4v) is 2.53. The van der Waals surface area contributed by atoms with Gasteiger partial charge in [-0.25, -0.2) is 4.79 Å². The smallest absolute Gasteiger partial charge is 0.336 e. The van der Waals surface area contributed by atoms with Crippen LogP contribution in [0.3, 0.4) is 0 Å². The van der Waals surface area contributed by atoms with E-state index in [4.69, 9.17) is 4.42 Å². The lowest BCUT2D eigenvalue weighted by Gasteiger charge is -2.05. The van der Waals surface area contributed by atoms with Gasteiger partial charge in [0, 0.05) is 22.2 Å². The highest BCUT2D eigenvalue weighted by Gasteiger charge is 2.07. The van der Waals surface area contributed by atoms with Crippen LogP contribution in [0.1, 0.15) is 5.56 Å². The van der Waals surface area contributed by atoms with E-state index in [2.05, 4.69) is 15.9 Å². The molecule has 0 atom stereocenters. The molecule has 2 aromatic carbocycles. The summed E-state index contributed by atoms with van der Waals surface area (Å²) in [6.45, 7) is 0. The average molecular weight is 289 g/mol. The van der Waals surface area contributed by atoms with Crippen molar-refractivity contribution in [3.63, 3.8) is 0 Å². The van der Waals surface area contributed by atoms with Crippen molar-refractivity contribution in [1.29, 1.82) is 0 Å². The SMILES string of the molecule is O=c1cc(CBr)c2ccc3ccccc3c2o1. The molecule has 0 fully saturated rings. The molecule has 3 rings (SSSR count). The molecule has 0 aliphatic rings. The predicted molar refractivity (Wildman–Crippen MR) is 72.6 cm³/mol. The Hall–Kier alpha value is -1.61. The van der Waals surface area contributed by atoms with Crippen LogP contribution < -0.4 is 5.63 Å². The summed E-state index contributed by atoms with van der Waals surface area (Å²) in [5.41, 5.74) is 1.33. The molecular weight excluding hydrogens is 280 g/mol. The third-order valence-electron chi connectivity index (χ3n) is 2.86. The minimum atomic E-state index is -0.302. The van der Waals surface area contributed by atoms with E-state index >= 15 is 0 Å². The number of hydrogen-bond donors (Lipinski definition) is 0. The molecule has 0 saturated carbocycles. The van der Waals surface area contributed by atoms with Crippen LogP contribution in [0.25, 0.3) is 21.7 Å². The van der Waals surface area contributed by atoms with Crippen molar-refractivity contribution < 1.29 is 4.42 Å². The number of fused-ring (bicyclic) bond motifs is 3.